The van der Waals surface area contributed by atoms with E-state index >= 15 is 0 Å². The second-order valence-electron chi connectivity index (χ2n) is 6.07. The first-order chi connectivity index (χ1) is 12.2. The van der Waals surface area contributed by atoms with Crippen molar-refractivity contribution in [3.63, 3.8) is 0 Å². The van der Waals surface area contributed by atoms with Gasteiger partial charge >= 0.3 is 0 Å². The molecule has 0 atom stereocenters. The van der Waals surface area contributed by atoms with Crippen molar-refractivity contribution >= 4 is 39.1 Å². The van der Waals surface area contributed by atoms with Crippen LogP contribution in [0.2, 0.25) is 0 Å². The Kier molecular flexibility index (Phi) is 5.87. The first-order valence-corrected chi connectivity index (χ1v) is 9.46. The molecule has 0 aliphatic carbocycles. The van der Waals surface area contributed by atoms with E-state index in [-0.39, 0.29) is 5.75 Å². The first kappa shape index (κ1) is 17.7. The van der Waals surface area contributed by atoms with Gasteiger partial charge in [0.15, 0.2) is 0 Å². The molecule has 3 rings (SSSR count). The number of imidazole rings is 1. The molecular formula is C20H22BrN3O. The number of aromatic hydroxyl groups is 1. The van der Waals surface area contributed by atoms with Gasteiger partial charge < -0.3 is 9.67 Å². The highest BCUT2D eigenvalue weighted by molar-refractivity contribution is 9.10. The highest BCUT2D eigenvalue weighted by Crippen LogP contribution is 2.24. The van der Waals surface area contributed by atoms with Crippen LogP contribution in [-0.4, -0.2) is 20.9 Å². The van der Waals surface area contributed by atoms with Crippen molar-refractivity contribution in [1.29, 1.82) is 0 Å². The average molecular weight is 400 g/mol. The highest BCUT2D eigenvalue weighted by Gasteiger charge is 2.09. The molecule has 1 aromatic heterocycles. The van der Waals surface area contributed by atoms with Crippen LogP contribution in [0.25, 0.3) is 11.0 Å². The van der Waals surface area contributed by atoms with Crippen molar-refractivity contribution in [1.82, 2.24) is 9.55 Å². The molecule has 5 heteroatoms. The van der Waals surface area contributed by atoms with E-state index in [1.165, 1.54) is 19.3 Å². The molecule has 0 fully saturated rings. The van der Waals surface area contributed by atoms with E-state index in [9.17, 15) is 5.11 Å². The molecule has 4 nitrogen and oxygen atoms in total. The minimum absolute atomic E-state index is 0.206. The van der Waals surface area contributed by atoms with Gasteiger partial charge in [-0.2, -0.15) is 0 Å². The van der Waals surface area contributed by atoms with Crippen molar-refractivity contribution in [2.24, 2.45) is 4.99 Å². The summed E-state index contributed by atoms with van der Waals surface area (Å²) in [6.45, 7) is 3.12. The minimum atomic E-state index is 0.206. The Morgan fingerprint density at radius 1 is 1.16 bits per heavy atom. The number of halogens is 1. The summed E-state index contributed by atoms with van der Waals surface area (Å²) >= 11 is 3.42. The van der Waals surface area contributed by atoms with Gasteiger partial charge in [0, 0.05) is 22.8 Å². The van der Waals surface area contributed by atoms with Crippen LogP contribution in [0, 0.1) is 0 Å². The van der Waals surface area contributed by atoms with Gasteiger partial charge in [-0.15, -0.1) is 0 Å². The Morgan fingerprint density at radius 2 is 2.00 bits per heavy atom. The number of phenolic OH excluding ortho intramolecular Hbond substituents is 1. The Bertz CT molecular complexity index is 886. The highest BCUT2D eigenvalue weighted by atomic mass is 79.9. The van der Waals surface area contributed by atoms with Crippen LogP contribution in [0.1, 0.15) is 38.2 Å². The lowest BCUT2D eigenvalue weighted by molar-refractivity contribution is 0.474. The van der Waals surface area contributed by atoms with E-state index in [0.29, 0.717) is 11.5 Å². The summed E-state index contributed by atoms with van der Waals surface area (Å²) in [5.74, 6) is 0.884. The van der Waals surface area contributed by atoms with Crippen molar-refractivity contribution in [3.05, 3.63) is 52.5 Å². The van der Waals surface area contributed by atoms with E-state index in [4.69, 9.17) is 0 Å². The summed E-state index contributed by atoms with van der Waals surface area (Å²) in [6.07, 6.45) is 6.45. The number of phenols is 1. The maximum absolute atomic E-state index is 9.98. The van der Waals surface area contributed by atoms with Gasteiger partial charge in [-0.1, -0.05) is 54.2 Å². The number of aliphatic imine (C=N–C) groups is 1. The second-order valence-corrected chi connectivity index (χ2v) is 6.99. The first-order valence-electron chi connectivity index (χ1n) is 8.67. The molecule has 130 valence electrons. The van der Waals surface area contributed by atoms with Crippen LogP contribution in [0.15, 0.2) is 51.9 Å². The maximum atomic E-state index is 9.98. The number of rotatable bonds is 7. The number of fused-ring (bicyclic) bond motifs is 1. The largest absolute Gasteiger partial charge is 0.507 e. The number of aryl methyl sites for hydroxylation is 1. The molecule has 0 radical (unpaired) electrons. The number of hydrogen-bond donors (Lipinski definition) is 1. The topological polar surface area (TPSA) is 50.4 Å². The van der Waals surface area contributed by atoms with Crippen molar-refractivity contribution in [3.8, 4) is 5.75 Å². The number of nitrogens with zero attached hydrogens (tertiary/aromatic N) is 3. The third-order valence-electron chi connectivity index (χ3n) is 4.18. The van der Waals surface area contributed by atoms with Crippen LogP contribution in [0.3, 0.4) is 0 Å². The summed E-state index contributed by atoms with van der Waals surface area (Å²) < 4.78 is 3.07. The summed E-state index contributed by atoms with van der Waals surface area (Å²) in [4.78, 5) is 9.21. The molecule has 1 heterocycles. The van der Waals surface area contributed by atoms with Gasteiger partial charge in [-0.25, -0.2) is 9.98 Å². The molecule has 25 heavy (non-hydrogen) atoms. The molecule has 0 unspecified atom stereocenters. The van der Waals surface area contributed by atoms with Gasteiger partial charge in [-0.05, 0) is 36.8 Å². The van der Waals surface area contributed by atoms with Crippen LogP contribution >= 0.6 is 15.9 Å². The molecule has 0 amide bonds. The van der Waals surface area contributed by atoms with Gasteiger partial charge in [0.25, 0.3) is 0 Å². The molecule has 0 aliphatic rings. The number of unbranched alkanes of at least 4 members (excludes halogenated alkanes) is 3. The fourth-order valence-corrected chi connectivity index (χ4v) is 3.21. The van der Waals surface area contributed by atoms with Crippen LogP contribution in [-0.2, 0) is 6.54 Å². The third-order valence-corrected chi connectivity index (χ3v) is 4.67. The maximum Gasteiger partial charge on any atom is 0.230 e. The molecule has 0 saturated carbocycles. The predicted molar refractivity (Wildman–Crippen MR) is 107 cm³/mol. The van der Waals surface area contributed by atoms with E-state index in [0.717, 1.165) is 28.5 Å². The number of aromatic nitrogens is 2. The molecule has 0 spiro atoms. The van der Waals surface area contributed by atoms with Crippen LogP contribution < -0.4 is 0 Å². The quantitative estimate of drug-likeness (QED) is 0.400. The number of para-hydroxylation sites is 2. The van der Waals surface area contributed by atoms with Gasteiger partial charge in [-0.3, -0.25) is 0 Å². The Morgan fingerprint density at radius 3 is 2.84 bits per heavy atom. The normalized spacial score (nSPS) is 11.6. The van der Waals surface area contributed by atoms with E-state index < -0.39 is 0 Å². The van der Waals surface area contributed by atoms with Gasteiger partial charge in [0.1, 0.15) is 5.75 Å². The lowest BCUT2D eigenvalue weighted by Crippen LogP contribution is -1.98. The fraction of sp³-hybridized carbons (Fsp3) is 0.300. The summed E-state index contributed by atoms with van der Waals surface area (Å²) in [6, 6.07) is 13.4. The van der Waals surface area contributed by atoms with Crippen molar-refractivity contribution < 1.29 is 5.11 Å². The Hall–Kier alpha value is -2.14. The average Bonchev–Trinajstić information content (AvgIpc) is 2.97. The molecule has 1 N–H and O–H groups in total. The Labute approximate surface area is 156 Å². The fourth-order valence-electron chi connectivity index (χ4n) is 2.83. The Balaban J connectivity index is 1.91. The van der Waals surface area contributed by atoms with Crippen molar-refractivity contribution in [2.75, 3.05) is 0 Å². The van der Waals surface area contributed by atoms with Crippen LogP contribution in [0.4, 0.5) is 5.95 Å². The van der Waals surface area contributed by atoms with Gasteiger partial charge in [0.05, 0.1) is 11.0 Å². The standard InChI is InChI=1S/C20H22BrN3O/c1-2-3-4-7-12-24-18-9-6-5-8-17(18)23-20(24)22-14-15-13-16(21)10-11-19(15)25/h5-6,8-11,13-14,25H,2-4,7,12H2,1H3/b22-14+. The smallest absolute Gasteiger partial charge is 0.230 e. The van der Waals surface area contributed by atoms with E-state index in [1.807, 2.05) is 24.3 Å². The number of benzene rings is 2. The minimum Gasteiger partial charge on any atom is -0.507 e. The summed E-state index contributed by atoms with van der Waals surface area (Å²) in [5, 5.41) is 9.98. The molecule has 0 bridgehead atoms. The molecule has 3 aromatic rings. The molecule has 0 saturated heterocycles. The molecule has 2 aromatic carbocycles. The lowest BCUT2D eigenvalue weighted by atomic mass is 10.2. The summed E-state index contributed by atoms with van der Waals surface area (Å²) in [5.41, 5.74) is 2.71. The third kappa shape index (κ3) is 4.28. The van der Waals surface area contributed by atoms with Crippen LogP contribution in [0.5, 0.6) is 5.75 Å². The molecular weight excluding hydrogens is 378 g/mol. The SMILES string of the molecule is CCCCCCn1c(/N=C/c2cc(Br)ccc2O)nc2ccccc21. The lowest BCUT2D eigenvalue weighted by Gasteiger charge is -2.06. The van der Waals surface area contributed by atoms with Crippen molar-refractivity contribution in [2.45, 2.75) is 39.2 Å². The van der Waals surface area contributed by atoms with E-state index in [1.54, 1.807) is 18.3 Å². The monoisotopic (exact) mass is 399 g/mol. The predicted octanol–water partition coefficient (Wildman–Crippen LogP) is 5.84. The molecule has 0 aliphatic heterocycles. The second kappa shape index (κ2) is 8.30. The zero-order valence-corrected chi connectivity index (χ0v) is 15.9. The van der Waals surface area contributed by atoms with E-state index in [2.05, 4.69) is 43.5 Å². The zero-order chi connectivity index (χ0) is 17.6. The van der Waals surface area contributed by atoms with Gasteiger partial charge in [0.2, 0.25) is 5.95 Å². The zero-order valence-electron chi connectivity index (χ0n) is 14.3. The number of hydrogen-bond acceptors (Lipinski definition) is 3. The summed E-state index contributed by atoms with van der Waals surface area (Å²) in [7, 11) is 0.